The Morgan fingerprint density at radius 2 is 1.91 bits per heavy atom. The molecule has 2 aromatic carbocycles. The van der Waals surface area contributed by atoms with Crippen LogP contribution in [0.4, 0.5) is 0 Å². The van der Waals surface area contributed by atoms with Gasteiger partial charge in [-0.15, -0.1) is 0 Å². The molecule has 9 nitrogen and oxygen atoms in total. The summed E-state index contributed by atoms with van der Waals surface area (Å²) in [5, 5.41) is 2.86. The largest absolute Gasteiger partial charge is 0.496 e. The Hall–Kier alpha value is -2.82. The molecule has 2 aromatic rings. The number of aryl methyl sites for hydroxylation is 1. The first-order valence-corrected chi connectivity index (χ1v) is 12.3. The molecular formula is C23H28N2O7S. The Bertz CT molecular complexity index is 1080. The van der Waals surface area contributed by atoms with Crippen molar-refractivity contribution in [1.29, 1.82) is 0 Å². The molecule has 0 aliphatic carbocycles. The number of rotatable bonds is 8. The number of hydrogen-bond donors (Lipinski definition) is 1. The molecule has 2 aliphatic rings. The van der Waals surface area contributed by atoms with E-state index in [4.69, 9.17) is 18.9 Å². The fourth-order valence-electron chi connectivity index (χ4n) is 3.77. The van der Waals surface area contributed by atoms with Gasteiger partial charge in [-0.1, -0.05) is 12.1 Å². The van der Waals surface area contributed by atoms with E-state index in [1.165, 1.54) is 17.5 Å². The minimum atomic E-state index is -3.63. The second-order valence-corrected chi connectivity index (χ2v) is 9.73. The van der Waals surface area contributed by atoms with Crippen LogP contribution in [0.5, 0.6) is 17.2 Å². The highest BCUT2D eigenvalue weighted by molar-refractivity contribution is 7.89. The monoisotopic (exact) mass is 476 g/mol. The fraction of sp³-hybridized carbons (Fsp3) is 0.435. The van der Waals surface area contributed by atoms with Crippen molar-refractivity contribution >= 4 is 15.9 Å². The lowest BCUT2D eigenvalue weighted by atomic mass is 10.1. The zero-order valence-electron chi connectivity index (χ0n) is 18.5. The van der Waals surface area contributed by atoms with Gasteiger partial charge in [-0.25, -0.2) is 8.42 Å². The first kappa shape index (κ1) is 23.3. The Balaban J connectivity index is 1.34. The highest BCUT2D eigenvalue weighted by atomic mass is 32.2. The molecule has 10 heteroatoms. The topological polar surface area (TPSA) is 103 Å². The zero-order chi connectivity index (χ0) is 23.3. The molecule has 4 rings (SSSR count). The number of ether oxygens (including phenoxy) is 4. The van der Waals surface area contributed by atoms with Crippen LogP contribution >= 0.6 is 0 Å². The van der Waals surface area contributed by atoms with Crippen molar-refractivity contribution in [3.05, 3.63) is 48.0 Å². The van der Waals surface area contributed by atoms with Gasteiger partial charge in [0.1, 0.15) is 18.5 Å². The molecule has 0 saturated carbocycles. The average Bonchev–Trinajstić information content (AvgIpc) is 2.86. The second-order valence-electron chi connectivity index (χ2n) is 7.79. The molecule has 1 saturated heterocycles. The molecule has 0 unspecified atom stereocenters. The first-order valence-electron chi connectivity index (χ1n) is 10.9. The maximum atomic E-state index is 13.0. The quantitative estimate of drug-likeness (QED) is 0.617. The number of fused-ring (bicyclic) bond motifs is 1. The lowest BCUT2D eigenvalue weighted by molar-refractivity contribution is -0.121. The summed E-state index contributed by atoms with van der Waals surface area (Å²) in [4.78, 5) is 12.6. The zero-order valence-corrected chi connectivity index (χ0v) is 19.3. The maximum absolute atomic E-state index is 13.0. The van der Waals surface area contributed by atoms with Crippen LogP contribution in [-0.4, -0.2) is 71.3 Å². The van der Waals surface area contributed by atoms with Crippen molar-refractivity contribution in [2.75, 3.05) is 46.6 Å². The molecule has 178 valence electrons. The van der Waals surface area contributed by atoms with E-state index in [1.807, 2.05) is 24.3 Å². The van der Waals surface area contributed by atoms with E-state index in [1.54, 1.807) is 12.1 Å². The van der Waals surface area contributed by atoms with E-state index in [0.717, 1.165) is 0 Å². The van der Waals surface area contributed by atoms with E-state index in [0.29, 0.717) is 68.7 Å². The minimum absolute atomic E-state index is 0.166. The molecule has 0 spiro atoms. The number of hydrogen-bond acceptors (Lipinski definition) is 7. The smallest absolute Gasteiger partial charge is 0.243 e. The summed E-state index contributed by atoms with van der Waals surface area (Å²) >= 11 is 0. The van der Waals surface area contributed by atoms with E-state index in [-0.39, 0.29) is 23.3 Å². The van der Waals surface area contributed by atoms with E-state index in [9.17, 15) is 13.2 Å². The number of benzene rings is 2. The van der Waals surface area contributed by atoms with Crippen molar-refractivity contribution in [1.82, 2.24) is 9.62 Å². The van der Waals surface area contributed by atoms with E-state index in [2.05, 4.69) is 5.32 Å². The molecule has 1 N–H and O–H groups in total. The molecule has 0 bridgehead atoms. The number of nitrogens with one attached hydrogen (secondary N) is 1. The third kappa shape index (κ3) is 5.58. The summed E-state index contributed by atoms with van der Waals surface area (Å²) in [6, 6.07) is 12.2. The highest BCUT2D eigenvalue weighted by Crippen LogP contribution is 2.30. The van der Waals surface area contributed by atoms with Gasteiger partial charge in [0.05, 0.1) is 31.8 Å². The van der Waals surface area contributed by atoms with Crippen molar-refractivity contribution in [2.45, 2.75) is 23.8 Å². The first-order chi connectivity index (χ1) is 16.0. The number of morpholine rings is 1. The van der Waals surface area contributed by atoms with Crippen LogP contribution in [0.15, 0.2) is 47.4 Å². The third-order valence-electron chi connectivity index (χ3n) is 5.58. The SMILES string of the molecule is COc1ccc(S(=O)(=O)N2CCOCC2)cc1CCC(=O)NC[C@H]1COc2ccccc2O1. The number of amides is 1. The standard InChI is InChI=1S/C23H28N2O7S/c1-29-20-8-7-19(33(27,28)25-10-12-30-13-11-25)14-17(20)6-9-23(26)24-15-18-16-31-21-4-2-3-5-22(21)32-18/h2-5,7-8,14,18H,6,9-13,15-16H2,1H3,(H,24,26)/t18-/m0/s1. The normalized spacial score (nSPS) is 18.5. The summed E-state index contributed by atoms with van der Waals surface area (Å²) in [6.45, 7) is 2.07. The lowest BCUT2D eigenvalue weighted by Gasteiger charge is -2.26. The Labute approximate surface area is 193 Å². The predicted octanol–water partition coefficient (Wildman–Crippen LogP) is 1.60. The molecule has 1 amide bonds. The van der Waals surface area contributed by atoms with E-state index < -0.39 is 10.0 Å². The third-order valence-corrected chi connectivity index (χ3v) is 7.47. The molecule has 0 radical (unpaired) electrons. The number of sulfonamides is 1. The summed E-state index contributed by atoms with van der Waals surface area (Å²) < 4.78 is 49.5. The van der Waals surface area contributed by atoms with E-state index >= 15 is 0 Å². The predicted molar refractivity (Wildman–Crippen MR) is 120 cm³/mol. The molecule has 33 heavy (non-hydrogen) atoms. The van der Waals surface area contributed by atoms with Gasteiger partial charge >= 0.3 is 0 Å². The second kappa shape index (κ2) is 10.4. The summed E-state index contributed by atoms with van der Waals surface area (Å²) in [6.07, 6.45) is 0.244. The number of carbonyl (C=O) groups excluding carboxylic acids is 1. The van der Waals surface area contributed by atoms with Gasteiger partial charge in [0.2, 0.25) is 15.9 Å². The van der Waals surface area contributed by atoms with Crippen LogP contribution < -0.4 is 19.5 Å². The summed E-state index contributed by atoms with van der Waals surface area (Å²) in [7, 11) is -2.11. The van der Waals surface area contributed by atoms with Crippen molar-refractivity contribution in [3.8, 4) is 17.2 Å². The van der Waals surface area contributed by atoms with Gasteiger partial charge in [-0.3, -0.25) is 4.79 Å². The lowest BCUT2D eigenvalue weighted by Crippen LogP contribution is -2.40. The number of methoxy groups -OCH3 is 1. The Morgan fingerprint density at radius 1 is 1.15 bits per heavy atom. The molecule has 1 fully saturated rings. The number of nitrogens with zero attached hydrogens (tertiary/aromatic N) is 1. The molecule has 2 heterocycles. The summed E-state index contributed by atoms with van der Waals surface area (Å²) in [5.41, 5.74) is 0.660. The van der Waals surface area contributed by atoms with Crippen LogP contribution in [0, 0.1) is 0 Å². The van der Waals surface area contributed by atoms with Gasteiger partial charge < -0.3 is 24.3 Å². The average molecular weight is 477 g/mol. The van der Waals surface area contributed by atoms with Gasteiger partial charge in [0.25, 0.3) is 0 Å². The molecule has 0 aromatic heterocycles. The van der Waals surface area contributed by atoms with Gasteiger partial charge in [-0.05, 0) is 42.3 Å². The number of para-hydroxylation sites is 2. The van der Waals surface area contributed by atoms with Crippen molar-refractivity contribution < 1.29 is 32.2 Å². The maximum Gasteiger partial charge on any atom is 0.243 e. The van der Waals surface area contributed by atoms with Crippen LogP contribution in [-0.2, 0) is 26.0 Å². The van der Waals surface area contributed by atoms with Gasteiger partial charge in [-0.2, -0.15) is 4.31 Å². The van der Waals surface area contributed by atoms with Crippen LogP contribution in [0.25, 0.3) is 0 Å². The minimum Gasteiger partial charge on any atom is -0.496 e. The summed E-state index contributed by atoms with van der Waals surface area (Å²) in [5.74, 6) is 1.73. The molecule has 2 aliphatic heterocycles. The van der Waals surface area contributed by atoms with Crippen LogP contribution in [0.3, 0.4) is 0 Å². The fourth-order valence-corrected chi connectivity index (χ4v) is 5.23. The van der Waals surface area contributed by atoms with Crippen molar-refractivity contribution in [3.63, 3.8) is 0 Å². The van der Waals surface area contributed by atoms with Crippen molar-refractivity contribution in [2.24, 2.45) is 0 Å². The molecule has 1 atom stereocenters. The molecular weight excluding hydrogens is 448 g/mol. The van der Waals surface area contributed by atoms with Gasteiger partial charge in [0, 0.05) is 19.5 Å². The van der Waals surface area contributed by atoms with Gasteiger partial charge in [0.15, 0.2) is 11.5 Å². The Morgan fingerprint density at radius 3 is 2.67 bits per heavy atom. The highest BCUT2D eigenvalue weighted by Gasteiger charge is 2.27. The van der Waals surface area contributed by atoms with Crippen LogP contribution in [0.2, 0.25) is 0 Å². The van der Waals surface area contributed by atoms with Crippen LogP contribution in [0.1, 0.15) is 12.0 Å². The number of carbonyl (C=O) groups is 1. The Kier molecular flexibility index (Phi) is 7.36.